The Morgan fingerprint density at radius 3 is 2.68 bits per heavy atom. The predicted molar refractivity (Wildman–Crippen MR) is 109 cm³/mol. The van der Waals surface area contributed by atoms with Gasteiger partial charge in [0.1, 0.15) is 0 Å². The number of ether oxygens (including phenoxy) is 2. The van der Waals surface area contributed by atoms with Crippen LogP contribution in [-0.4, -0.2) is 74.6 Å². The maximum Gasteiger partial charge on any atom is 0.228 e. The summed E-state index contributed by atoms with van der Waals surface area (Å²) < 4.78 is 10.6. The molecule has 2 fully saturated rings. The van der Waals surface area contributed by atoms with Gasteiger partial charge in [0, 0.05) is 45.2 Å². The lowest BCUT2D eigenvalue weighted by Gasteiger charge is -2.35. The van der Waals surface area contributed by atoms with Gasteiger partial charge in [0.25, 0.3) is 0 Å². The summed E-state index contributed by atoms with van der Waals surface area (Å²) >= 11 is 0. The van der Waals surface area contributed by atoms with Crippen LogP contribution in [0.1, 0.15) is 18.9 Å². The van der Waals surface area contributed by atoms with Crippen LogP contribution in [0.15, 0.2) is 18.2 Å². The largest absolute Gasteiger partial charge is 0.493 e. The van der Waals surface area contributed by atoms with E-state index in [0.29, 0.717) is 31.0 Å². The third-order valence-corrected chi connectivity index (χ3v) is 5.47. The van der Waals surface area contributed by atoms with E-state index in [0.717, 1.165) is 31.6 Å². The van der Waals surface area contributed by atoms with Crippen LogP contribution in [0.3, 0.4) is 0 Å². The van der Waals surface area contributed by atoms with E-state index in [-0.39, 0.29) is 36.2 Å². The van der Waals surface area contributed by atoms with Crippen LogP contribution in [0.2, 0.25) is 0 Å². The second kappa shape index (κ2) is 9.98. The van der Waals surface area contributed by atoms with Crippen LogP contribution in [0.4, 0.5) is 0 Å². The van der Waals surface area contributed by atoms with Crippen LogP contribution >= 0.6 is 12.4 Å². The lowest BCUT2D eigenvalue weighted by Crippen LogP contribution is -2.54. The number of amides is 2. The lowest BCUT2D eigenvalue weighted by molar-refractivity contribution is -0.138. The zero-order chi connectivity index (χ0) is 19.4. The van der Waals surface area contributed by atoms with Crippen LogP contribution in [0.25, 0.3) is 0 Å². The molecule has 28 heavy (non-hydrogen) atoms. The van der Waals surface area contributed by atoms with E-state index in [1.165, 1.54) is 0 Å². The van der Waals surface area contributed by atoms with Crippen molar-refractivity contribution >= 4 is 24.2 Å². The number of rotatable bonds is 6. The molecular formula is C20H30ClN3O4. The van der Waals surface area contributed by atoms with E-state index in [4.69, 9.17) is 9.47 Å². The van der Waals surface area contributed by atoms with E-state index >= 15 is 0 Å². The Labute approximate surface area is 172 Å². The SMILES string of the molecule is COc1ccc(CCN2CC(C(=O)N3CCNC[C@H]3C)CC2=O)cc1OC.Cl. The van der Waals surface area contributed by atoms with E-state index in [1.54, 1.807) is 14.2 Å². The number of hydrogen-bond donors (Lipinski definition) is 1. The molecule has 2 aliphatic rings. The molecule has 1 unspecified atom stereocenters. The van der Waals surface area contributed by atoms with Gasteiger partial charge in [-0.15, -0.1) is 12.4 Å². The van der Waals surface area contributed by atoms with Gasteiger partial charge in [-0.25, -0.2) is 0 Å². The maximum atomic E-state index is 12.8. The smallest absolute Gasteiger partial charge is 0.228 e. The molecule has 1 N–H and O–H groups in total. The molecule has 3 rings (SSSR count). The Hall–Kier alpha value is -1.99. The van der Waals surface area contributed by atoms with Crippen LogP contribution in [0, 0.1) is 5.92 Å². The van der Waals surface area contributed by atoms with Crippen molar-refractivity contribution in [2.45, 2.75) is 25.8 Å². The number of methoxy groups -OCH3 is 2. The summed E-state index contributed by atoms with van der Waals surface area (Å²) in [5.41, 5.74) is 1.07. The number of likely N-dealkylation sites (tertiary alicyclic amines) is 1. The summed E-state index contributed by atoms with van der Waals surface area (Å²) in [6.07, 6.45) is 1.04. The van der Waals surface area contributed by atoms with E-state index in [1.807, 2.05) is 28.0 Å². The van der Waals surface area contributed by atoms with Gasteiger partial charge in [0.2, 0.25) is 11.8 Å². The van der Waals surface area contributed by atoms with Gasteiger partial charge < -0.3 is 24.6 Å². The van der Waals surface area contributed by atoms with Crippen molar-refractivity contribution in [3.8, 4) is 11.5 Å². The van der Waals surface area contributed by atoms with Gasteiger partial charge in [-0.3, -0.25) is 9.59 Å². The van der Waals surface area contributed by atoms with Gasteiger partial charge in [-0.2, -0.15) is 0 Å². The minimum absolute atomic E-state index is 0. The number of carbonyl (C=O) groups is 2. The standard InChI is InChI=1S/C20H29N3O4.ClH/c1-14-12-21-7-9-23(14)20(25)16-11-19(24)22(13-16)8-6-15-4-5-17(26-2)18(10-15)27-3;/h4-5,10,14,16,21H,6-9,11-13H2,1-3H3;1H/t14-,16?;/m1./s1. The first-order valence-electron chi connectivity index (χ1n) is 9.53. The summed E-state index contributed by atoms with van der Waals surface area (Å²) in [6, 6.07) is 5.97. The zero-order valence-corrected chi connectivity index (χ0v) is 17.6. The van der Waals surface area contributed by atoms with Crippen molar-refractivity contribution in [1.82, 2.24) is 15.1 Å². The molecule has 2 atom stereocenters. The van der Waals surface area contributed by atoms with E-state index < -0.39 is 0 Å². The highest BCUT2D eigenvalue weighted by Gasteiger charge is 2.37. The lowest BCUT2D eigenvalue weighted by atomic mass is 10.0. The molecule has 0 aromatic heterocycles. The van der Waals surface area contributed by atoms with E-state index in [2.05, 4.69) is 12.2 Å². The molecule has 1 aromatic carbocycles. The monoisotopic (exact) mass is 411 g/mol. The predicted octanol–water partition coefficient (Wildman–Crippen LogP) is 1.34. The minimum Gasteiger partial charge on any atom is -0.493 e. The van der Waals surface area contributed by atoms with Gasteiger partial charge in [-0.1, -0.05) is 6.07 Å². The molecule has 2 saturated heterocycles. The average Bonchev–Trinajstić information content (AvgIpc) is 3.06. The fraction of sp³-hybridized carbons (Fsp3) is 0.600. The minimum atomic E-state index is -0.219. The van der Waals surface area contributed by atoms with Crippen molar-refractivity contribution in [2.75, 3.05) is 46.9 Å². The van der Waals surface area contributed by atoms with Crippen LogP contribution < -0.4 is 14.8 Å². The first kappa shape index (κ1) is 22.3. The van der Waals surface area contributed by atoms with Gasteiger partial charge >= 0.3 is 0 Å². The molecule has 156 valence electrons. The van der Waals surface area contributed by atoms with Crippen molar-refractivity contribution in [3.05, 3.63) is 23.8 Å². The molecule has 0 bridgehead atoms. The summed E-state index contributed by atoms with van der Waals surface area (Å²) in [5, 5.41) is 3.29. The number of halogens is 1. The fourth-order valence-corrected chi connectivity index (χ4v) is 3.86. The molecule has 2 amide bonds. The number of hydrogen-bond acceptors (Lipinski definition) is 5. The highest BCUT2D eigenvalue weighted by atomic mass is 35.5. The molecule has 8 heteroatoms. The Morgan fingerprint density at radius 1 is 1.25 bits per heavy atom. The van der Waals surface area contributed by atoms with Crippen LogP contribution in [-0.2, 0) is 16.0 Å². The highest BCUT2D eigenvalue weighted by molar-refractivity contribution is 5.89. The third kappa shape index (κ3) is 4.89. The van der Waals surface area contributed by atoms with Gasteiger partial charge in [-0.05, 0) is 31.0 Å². The molecule has 1 aromatic rings. The summed E-state index contributed by atoms with van der Waals surface area (Å²) in [5.74, 6) is 1.34. The number of nitrogens with one attached hydrogen (secondary N) is 1. The van der Waals surface area contributed by atoms with Crippen molar-refractivity contribution in [3.63, 3.8) is 0 Å². The Morgan fingerprint density at radius 2 is 2.00 bits per heavy atom. The fourth-order valence-electron chi connectivity index (χ4n) is 3.86. The topological polar surface area (TPSA) is 71.1 Å². The molecule has 7 nitrogen and oxygen atoms in total. The Balaban J connectivity index is 0.00000280. The van der Waals surface area contributed by atoms with Crippen molar-refractivity contribution < 1.29 is 19.1 Å². The molecule has 2 heterocycles. The Kier molecular flexibility index (Phi) is 7.95. The normalized spacial score (nSPS) is 22.0. The van der Waals surface area contributed by atoms with Gasteiger partial charge in [0.15, 0.2) is 11.5 Å². The first-order chi connectivity index (χ1) is 13.0. The molecule has 0 spiro atoms. The molecule has 0 radical (unpaired) electrons. The highest BCUT2D eigenvalue weighted by Crippen LogP contribution is 2.28. The van der Waals surface area contributed by atoms with Gasteiger partial charge in [0.05, 0.1) is 20.1 Å². The Bertz CT molecular complexity index is 700. The molecular weight excluding hydrogens is 382 g/mol. The second-order valence-corrected chi connectivity index (χ2v) is 7.26. The second-order valence-electron chi connectivity index (χ2n) is 7.26. The van der Waals surface area contributed by atoms with Crippen molar-refractivity contribution in [1.29, 1.82) is 0 Å². The summed E-state index contributed by atoms with van der Waals surface area (Å²) in [4.78, 5) is 28.9. The molecule has 2 aliphatic heterocycles. The number of nitrogens with zero attached hydrogens (tertiary/aromatic N) is 2. The number of benzene rings is 1. The maximum absolute atomic E-state index is 12.8. The summed E-state index contributed by atoms with van der Waals surface area (Å²) in [6.45, 7) is 5.53. The third-order valence-electron chi connectivity index (χ3n) is 5.47. The number of carbonyl (C=O) groups excluding carboxylic acids is 2. The average molecular weight is 412 g/mol. The van der Waals surface area contributed by atoms with E-state index in [9.17, 15) is 9.59 Å². The number of piperazine rings is 1. The van der Waals surface area contributed by atoms with Crippen LogP contribution in [0.5, 0.6) is 11.5 Å². The van der Waals surface area contributed by atoms with Crippen molar-refractivity contribution in [2.24, 2.45) is 5.92 Å². The quantitative estimate of drug-likeness (QED) is 0.764. The summed E-state index contributed by atoms with van der Waals surface area (Å²) in [7, 11) is 3.22. The molecule has 0 saturated carbocycles. The molecule has 0 aliphatic carbocycles. The zero-order valence-electron chi connectivity index (χ0n) is 16.8. The first-order valence-corrected chi connectivity index (χ1v) is 9.53.